The Balaban J connectivity index is 1.78. The highest BCUT2D eigenvalue weighted by Gasteiger charge is 2.57. The Bertz CT molecular complexity index is 233. The van der Waals surface area contributed by atoms with E-state index in [0.29, 0.717) is 11.6 Å². The van der Waals surface area contributed by atoms with Crippen molar-refractivity contribution in [3.05, 3.63) is 0 Å². The van der Waals surface area contributed by atoms with E-state index in [1.165, 1.54) is 26.1 Å². The number of nitrogens with zero attached hydrogens (tertiary/aromatic N) is 1. The highest BCUT2D eigenvalue weighted by atomic mass is 15.3. The van der Waals surface area contributed by atoms with Crippen molar-refractivity contribution in [2.24, 2.45) is 11.8 Å². The van der Waals surface area contributed by atoms with Gasteiger partial charge in [0, 0.05) is 37.9 Å². The second-order valence-corrected chi connectivity index (χ2v) is 5.56. The van der Waals surface area contributed by atoms with Crippen LogP contribution in [0, 0.1) is 11.8 Å². The number of piperidine rings is 1. The Morgan fingerprint density at radius 1 is 1.43 bits per heavy atom. The number of hydrogen-bond acceptors (Lipinski definition) is 3. The van der Waals surface area contributed by atoms with Crippen LogP contribution in [-0.2, 0) is 0 Å². The van der Waals surface area contributed by atoms with Gasteiger partial charge in [0.1, 0.15) is 0 Å². The molecule has 2 heterocycles. The third-order valence-corrected chi connectivity index (χ3v) is 4.32. The SMILES string of the molecule is CC(C)N1CC2CC2C2(CNCN2)C1. The van der Waals surface area contributed by atoms with Gasteiger partial charge in [-0.15, -0.1) is 0 Å². The molecule has 0 aromatic carbocycles. The Kier molecular flexibility index (Phi) is 1.92. The molecule has 2 aliphatic heterocycles. The number of nitrogens with one attached hydrogen (secondary N) is 2. The Morgan fingerprint density at radius 2 is 2.29 bits per heavy atom. The zero-order valence-electron chi connectivity index (χ0n) is 9.21. The van der Waals surface area contributed by atoms with Crippen molar-refractivity contribution in [3.63, 3.8) is 0 Å². The number of likely N-dealkylation sites (tertiary alicyclic amines) is 1. The number of fused-ring (bicyclic) bond motifs is 2. The molecule has 3 heteroatoms. The smallest absolute Gasteiger partial charge is 0.0476 e. The summed E-state index contributed by atoms with van der Waals surface area (Å²) in [6, 6.07) is 0.704. The predicted octanol–water partition coefficient (Wildman–Crippen LogP) is 0.236. The lowest BCUT2D eigenvalue weighted by Gasteiger charge is -2.41. The van der Waals surface area contributed by atoms with Crippen LogP contribution in [0.25, 0.3) is 0 Å². The predicted molar refractivity (Wildman–Crippen MR) is 57.0 cm³/mol. The number of hydrogen-bond donors (Lipinski definition) is 2. The summed E-state index contributed by atoms with van der Waals surface area (Å²) < 4.78 is 0. The van der Waals surface area contributed by atoms with Crippen LogP contribution in [0.2, 0.25) is 0 Å². The van der Waals surface area contributed by atoms with Gasteiger partial charge in [0.25, 0.3) is 0 Å². The van der Waals surface area contributed by atoms with Gasteiger partial charge in [0.05, 0.1) is 0 Å². The van der Waals surface area contributed by atoms with Crippen LogP contribution >= 0.6 is 0 Å². The molecule has 2 N–H and O–H groups in total. The first-order chi connectivity index (χ1) is 6.71. The maximum Gasteiger partial charge on any atom is 0.0476 e. The minimum Gasteiger partial charge on any atom is -0.303 e. The molecular formula is C11H21N3. The Morgan fingerprint density at radius 3 is 2.93 bits per heavy atom. The van der Waals surface area contributed by atoms with Crippen molar-refractivity contribution >= 4 is 0 Å². The lowest BCUT2D eigenvalue weighted by Crippen LogP contribution is -2.59. The molecule has 3 aliphatic rings. The fourth-order valence-electron chi connectivity index (χ4n) is 3.33. The molecule has 0 aromatic rings. The highest BCUT2D eigenvalue weighted by Crippen LogP contribution is 2.51. The summed E-state index contributed by atoms with van der Waals surface area (Å²) in [5.41, 5.74) is 0.424. The zero-order chi connectivity index (χ0) is 9.76. The normalized spacial score (nSPS) is 47.4. The molecule has 1 saturated carbocycles. The molecule has 1 spiro atoms. The van der Waals surface area contributed by atoms with Gasteiger partial charge >= 0.3 is 0 Å². The summed E-state index contributed by atoms with van der Waals surface area (Å²) >= 11 is 0. The van der Waals surface area contributed by atoms with Crippen LogP contribution in [0.4, 0.5) is 0 Å². The molecule has 2 saturated heterocycles. The molecule has 3 nitrogen and oxygen atoms in total. The summed E-state index contributed by atoms with van der Waals surface area (Å²) in [6.45, 7) is 9.41. The molecule has 0 amide bonds. The third-order valence-electron chi connectivity index (χ3n) is 4.32. The van der Waals surface area contributed by atoms with E-state index < -0.39 is 0 Å². The van der Waals surface area contributed by atoms with Gasteiger partial charge in [-0.2, -0.15) is 0 Å². The van der Waals surface area contributed by atoms with Crippen LogP contribution < -0.4 is 10.6 Å². The van der Waals surface area contributed by atoms with Crippen LogP contribution in [0.5, 0.6) is 0 Å². The fraction of sp³-hybridized carbons (Fsp3) is 1.00. The van der Waals surface area contributed by atoms with Crippen molar-refractivity contribution in [1.82, 2.24) is 15.5 Å². The zero-order valence-corrected chi connectivity index (χ0v) is 9.21. The summed E-state index contributed by atoms with van der Waals surface area (Å²) in [6.07, 6.45) is 1.46. The van der Waals surface area contributed by atoms with Crippen molar-refractivity contribution in [2.75, 3.05) is 26.3 Å². The molecule has 80 valence electrons. The van der Waals surface area contributed by atoms with Crippen molar-refractivity contribution < 1.29 is 0 Å². The quantitative estimate of drug-likeness (QED) is 0.627. The van der Waals surface area contributed by atoms with Gasteiger partial charge in [-0.3, -0.25) is 10.2 Å². The van der Waals surface area contributed by atoms with E-state index in [1.807, 2.05) is 0 Å². The van der Waals surface area contributed by atoms with Gasteiger partial charge in [-0.1, -0.05) is 0 Å². The molecule has 1 aliphatic carbocycles. The van der Waals surface area contributed by atoms with E-state index in [4.69, 9.17) is 0 Å². The van der Waals surface area contributed by atoms with Crippen LogP contribution in [0.3, 0.4) is 0 Å². The van der Waals surface area contributed by atoms with E-state index in [1.54, 1.807) is 0 Å². The van der Waals surface area contributed by atoms with Gasteiger partial charge in [0.15, 0.2) is 0 Å². The average molecular weight is 195 g/mol. The second-order valence-electron chi connectivity index (χ2n) is 5.56. The highest BCUT2D eigenvalue weighted by molar-refractivity contribution is 5.14. The van der Waals surface area contributed by atoms with Gasteiger partial charge in [-0.05, 0) is 32.1 Å². The van der Waals surface area contributed by atoms with Gasteiger partial charge in [-0.25, -0.2) is 0 Å². The van der Waals surface area contributed by atoms with E-state index >= 15 is 0 Å². The number of rotatable bonds is 1. The first kappa shape index (κ1) is 9.13. The van der Waals surface area contributed by atoms with Crippen LogP contribution in [-0.4, -0.2) is 42.8 Å². The molecule has 3 fully saturated rings. The lowest BCUT2D eigenvalue weighted by atomic mass is 9.88. The summed E-state index contributed by atoms with van der Waals surface area (Å²) in [7, 11) is 0. The van der Waals surface area contributed by atoms with E-state index in [9.17, 15) is 0 Å². The molecule has 14 heavy (non-hydrogen) atoms. The largest absolute Gasteiger partial charge is 0.303 e. The Labute approximate surface area is 86.2 Å². The molecule has 3 unspecified atom stereocenters. The topological polar surface area (TPSA) is 27.3 Å². The second kappa shape index (κ2) is 2.94. The average Bonchev–Trinajstić information content (AvgIpc) is 2.80. The van der Waals surface area contributed by atoms with E-state index in [0.717, 1.165) is 18.5 Å². The molecule has 0 bridgehead atoms. The first-order valence-electron chi connectivity index (χ1n) is 5.91. The van der Waals surface area contributed by atoms with Gasteiger partial charge < -0.3 is 5.32 Å². The monoisotopic (exact) mass is 195 g/mol. The van der Waals surface area contributed by atoms with Gasteiger partial charge in [0.2, 0.25) is 0 Å². The molecule has 0 radical (unpaired) electrons. The summed E-state index contributed by atoms with van der Waals surface area (Å²) in [5, 5.41) is 7.16. The maximum absolute atomic E-state index is 3.70. The van der Waals surface area contributed by atoms with Crippen LogP contribution in [0.1, 0.15) is 20.3 Å². The summed E-state index contributed by atoms with van der Waals surface area (Å²) in [5.74, 6) is 1.95. The third kappa shape index (κ3) is 1.23. The molecule has 3 atom stereocenters. The standard InChI is InChI=1S/C11H21N3/c1-8(2)14-4-9-3-10(9)11(6-14)5-12-7-13-11/h8-10,12-13H,3-7H2,1-2H3. The van der Waals surface area contributed by atoms with Crippen molar-refractivity contribution in [2.45, 2.75) is 31.8 Å². The van der Waals surface area contributed by atoms with Crippen molar-refractivity contribution in [3.8, 4) is 0 Å². The van der Waals surface area contributed by atoms with Crippen molar-refractivity contribution in [1.29, 1.82) is 0 Å². The summed E-state index contributed by atoms with van der Waals surface area (Å²) in [4.78, 5) is 2.65. The van der Waals surface area contributed by atoms with Crippen LogP contribution in [0.15, 0.2) is 0 Å². The molecule has 3 rings (SSSR count). The van der Waals surface area contributed by atoms with E-state index in [2.05, 4.69) is 29.4 Å². The first-order valence-corrected chi connectivity index (χ1v) is 5.91. The fourth-order valence-corrected chi connectivity index (χ4v) is 3.33. The maximum atomic E-state index is 3.70. The minimum absolute atomic E-state index is 0.424. The Hall–Kier alpha value is -0.120. The molecule has 0 aromatic heterocycles. The lowest BCUT2D eigenvalue weighted by molar-refractivity contribution is 0.105. The van der Waals surface area contributed by atoms with E-state index in [-0.39, 0.29) is 0 Å². The minimum atomic E-state index is 0.424. The molecular weight excluding hydrogens is 174 g/mol.